The van der Waals surface area contributed by atoms with Crippen molar-refractivity contribution in [1.29, 1.82) is 0 Å². The van der Waals surface area contributed by atoms with Crippen molar-refractivity contribution in [2.75, 3.05) is 31.6 Å². The zero-order valence-electron chi connectivity index (χ0n) is 16.9. The third-order valence-electron chi connectivity index (χ3n) is 6.07. The second-order valence-electron chi connectivity index (χ2n) is 7.96. The summed E-state index contributed by atoms with van der Waals surface area (Å²) in [7, 11) is 1.82. The molecule has 1 heterocycles. The molecular weight excluding hydrogens is 478 g/mol. The largest absolute Gasteiger partial charge is 0.371 e. The van der Waals surface area contributed by atoms with Gasteiger partial charge in [0.1, 0.15) is 5.82 Å². The van der Waals surface area contributed by atoms with Crippen molar-refractivity contribution in [3.05, 3.63) is 66.0 Å². The standard InChI is InChI=1S/C23H29FN4.HI/c1-25-22(26-17-23(12-13-23)18-6-5-7-19(24)16-18)27-20-10-14-28(15-11-20)21-8-3-2-4-9-21;/h2-9,16,20H,10-15,17H2,1H3,(H2,25,26,27);1H. The van der Waals surface area contributed by atoms with Crippen LogP contribution in [0.15, 0.2) is 59.6 Å². The van der Waals surface area contributed by atoms with Crippen LogP contribution in [-0.4, -0.2) is 38.7 Å². The van der Waals surface area contributed by atoms with Gasteiger partial charge >= 0.3 is 0 Å². The van der Waals surface area contributed by atoms with Crippen molar-refractivity contribution < 1.29 is 4.39 Å². The van der Waals surface area contributed by atoms with E-state index in [1.807, 2.05) is 13.1 Å². The molecule has 0 atom stereocenters. The SMILES string of the molecule is CN=C(NCC1(c2cccc(F)c2)CC1)NC1CCN(c2ccccc2)CC1.I. The van der Waals surface area contributed by atoms with E-state index in [1.165, 1.54) is 11.8 Å². The normalized spacial score (nSPS) is 18.7. The topological polar surface area (TPSA) is 39.7 Å². The Kier molecular flexibility index (Phi) is 7.38. The average Bonchev–Trinajstić information content (AvgIpc) is 3.53. The number of hydrogen-bond acceptors (Lipinski definition) is 2. The minimum absolute atomic E-state index is 0. The van der Waals surface area contributed by atoms with Crippen molar-refractivity contribution in [2.45, 2.75) is 37.1 Å². The van der Waals surface area contributed by atoms with Crippen LogP contribution in [-0.2, 0) is 5.41 Å². The van der Waals surface area contributed by atoms with Gasteiger partial charge in [-0.25, -0.2) is 4.39 Å². The lowest BCUT2D eigenvalue weighted by Gasteiger charge is -2.34. The Hall–Kier alpha value is -1.83. The van der Waals surface area contributed by atoms with Crippen LogP contribution in [0, 0.1) is 5.82 Å². The monoisotopic (exact) mass is 508 g/mol. The molecule has 1 aliphatic heterocycles. The first-order chi connectivity index (χ1) is 13.7. The van der Waals surface area contributed by atoms with Crippen LogP contribution in [0.25, 0.3) is 0 Å². The van der Waals surface area contributed by atoms with Gasteiger partial charge in [0.25, 0.3) is 0 Å². The van der Waals surface area contributed by atoms with Crippen LogP contribution >= 0.6 is 24.0 Å². The van der Waals surface area contributed by atoms with Crippen molar-refractivity contribution in [3.63, 3.8) is 0 Å². The van der Waals surface area contributed by atoms with Crippen LogP contribution in [0.4, 0.5) is 10.1 Å². The maximum absolute atomic E-state index is 13.6. The number of aliphatic imine (C=N–C) groups is 1. The second kappa shape index (κ2) is 9.78. The number of rotatable bonds is 5. The second-order valence-corrected chi connectivity index (χ2v) is 7.96. The van der Waals surface area contributed by atoms with E-state index in [9.17, 15) is 4.39 Å². The molecule has 2 aromatic carbocycles. The Morgan fingerprint density at radius 1 is 1.10 bits per heavy atom. The summed E-state index contributed by atoms with van der Waals surface area (Å²) >= 11 is 0. The lowest BCUT2D eigenvalue weighted by molar-refractivity contribution is 0.460. The summed E-state index contributed by atoms with van der Waals surface area (Å²) in [4.78, 5) is 6.85. The van der Waals surface area contributed by atoms with E-state index < -0.39 is 0 Å². The molecular formula is C23H30FIN4. The van der Waals surface area contributed by atoms with Gasteiger partial charge in [-0.05, 0) is 55.5 Å². The first kappa shape index (κ1) is 21.9. The Morgan fingerprint density at radius 2 is 1.83 bits per heavy atom. The number of halogens is 2. The lowest BCUT2D eigenvalue weighted by Crippen LogP contribution is -2.50. The molecule has 4 nitrogen and oxygen atoms in total. The summed E-state index contributed by atoms with van der Waals surface area (Å²) in [6.45, 7) is 2.89. The maximum atomic E-state index is 13.6. The van der Waals surface area contributed by atoms with Gasteiger partial charge in [0, 0.05) is 43.8 Å². The summed E-state index contributed by atoms with van der Waals surface area (Å²) < 4.78 is 13.6. The fourth-order valence-corrected chi connectivity index (χ4v) is 4.10. The fourth-order valence-electron chi connectivity index (χ4n) is 4.10. The van der Waals surface area contributed by atoms with Gasteiger partial charge in [0.2, 0.25) is 0 Å². The number of nitrogens with zero attached hydrogens (tertiary/aromatic N) is 2. The van der Waals surface area contributed by atoms with E-state index >= 15 is 0 Å². The number of para-hydroxylation sites is 1. The van der Waals surface area contributed by atoms with Gasteiger partial charge in [-0.15, -0.1) is 24.0 Å². The Labute approximate surface area is 190 Å². The highest BCUT2D eigenvalue weighted by Crippen LogP contribution is 2.47. The van der Waals surface area contributed by atoms with E-state index in [-0.39, 0.29) is 35.2 Å². The van der Waals surface area contributed by atoms with Crippen molar-refractivity contribution in [1.82, 2.24) is 10.6 Å². The number of anilines is 1. The first-order valence-electron chi connectivity index (χ1n) is 10.2. The summed E-state index contributed by atoms with van der Waals surface area (Å²) in [5.74, 6) is 0.692. The molecule has 1 saturated heterocycles. The van der Waals surface area contributed by atoms with Crippen LogP contribution in [0.3, 0.4) is 0 Å². The van der Waals surface area contributed by atoms with Crippen molar-refractivity contribution in [2.24, 2.45) is 4.99 Å². The fraction of sp³-hybridized carbons (Fsp3) is 0.435. The summed E-state index contributed by atoms with van der Waals surface area (Å²) in [5.41, 5.74) is 2.44. The van der Waals surface area contributed by atoms with Gasteiger partial charge in [-0.3, -0.25) is 4.99 Å². The molecule has 0 spiro atoms. The third kappa shape index (κ3) is 5.41. The third-order valence-corrected chi connectivity index (χ3v) is 6.07. The highest BCUT2D eigenvalue weighted by molar-refractivity contribution is 14.0. The highest BCUT2D eigenvalue weighted by Gasteiger charge is 2.44. The van der Waals surface area contributed by atoms with Crippen molar-refractivity contribution in [3.8, 4) is 0 Å². The van der Waals surface area contributed by atoms with E-state index in [0.29, 0.717) is 6.04 Å². The number of piperidine rings is 1. The molecule has 2 fully saturated rings. The highest BCUT2D eigenvalue weighted by atomic mass is 127. The average molecular weight is 508 g/mol. The summed E-state index contributed by atoms with van der Waals surface area (Å²) in [6, 6.07) is 18.0. The Morgan fingerprint density at radius 3 is 2.45 bits per heavy atom. The van der Waals surface area contributed by atoms with Gasteiger partial charge in [-0.1, -0.05) is 30.3 Å². The first-order valence-corrected chi connectivity index (χ1v) is 10.2. The Balaban J connectivity index is 0.00000240. The molecule has 0 amide bonds. The van der Waals surface area contributed by atoms with Crippen molar-refractivity contribution >= 4 is 35.6 Å². The van der Waals surface area contributed by atoms with Gasteiger partial charge in [0.15, 0.2) is 5.96 Å². The Bertz CT molecular complexity index is 815. The van der Waals surface area contributed by atoms with E-state index in [2.05, 4.69) is 50.9 Å². The van der Waals surface area contributed by atoms with Crippen LogP contribution in [0.2, 0.25) is 0 Å². The molecule has 0 radical (unpaired) electrons. The molecule has 4 rings (SSSR count). The quantitative estimate of drug-likeness (QED) is 0.360. The molecule has 156 valence electrons. The molecule has 1 aliphatic carbocycles. The van der Waals surface area contributed by atoms with Crippen LogP contribution < -0.4 is 15.5 Å². The number of guanidine groups is 1. The predicted molar refractivity (Wildman–Crippen MR) is 129 cm³/mol. The molecule has 6 heteroatoms. The predicted octanol–water partition coefficient (Wildman–Crippen LogP) is 4.31. The maximum Gasteiger partial charge on any atom is 0.191 e. The zero-order valence-corrected chi connectivity index (χ0v) is 19.2. The summed E-state index contributed by atoms with van der Waals surface area (Å²) in [5, 5.41) is 7.06. The minimum Gasteiger partial charge on any atom is -0.371 e. The van der Waals surface area contributed by atoms with E-state index in [4.69, 9.17) is 0 Å². The molecule has 0 unspecified atom stereocenters. The van der Waals surface area contributed by atoms with Crippen LogP contribution in [0.5, 0.6) is 0 Å². The van der Waals surface area contributed by atoms with E-state index in [1.54, 1.807) is 12.1 Å². The number of hydrogen-bond donors (Lipinski definition) is 2. The molecule has 0 bridgehead atoms. The number of nitrogens with one attached hydrogen (secondary N) is 2. The van der Waals surface area contributed by atoms with Crippen LogP contribution in [0.1, 0.15) is 31.2 Å². The van der Waals surface area contributed by atoms with E-state index in [0.717, 1.165) is 56.8 Å². The van der Waals surface area contributed by atoms with Gasteiger partial charge in [-0.2, -0.15) is 0 Å². The zero-order chi connectivity index (χ0) is 19.4. The minimum atomic E-state index is -0.156. The number of benzene rings is 2. The summed E-state index contributed by atoms with van der Waals surface area (Å²) in [6.07, 6.45) is 4.36. The molecule has 2 aromatic rings. The lowest BCUT2D eigenvalue weighted by atomic mass is 9.96. The van der Waals surface area contributed by atoms with Gasteiger partial charge < -0.3 is 15.5 Å². The molecule has 0 aromatic heterocycles. The molecule has 29 heavy (non-hydrogen) atoms. The smallest absolute Gasteiger partial charge is 0.191 e. The van der Waals surface area contributed by atoms with Gasteiger partial charge in [0.05, 0.1) is 0 Å². The molecule has 1 saturated carbocycles. The molecule has 2 N–H and O–H groups in total. The molecule has 2 aliphatic rings.